The van der Waals surface area contributed by atoms with Crippen molar-refractivity contribution >= 4 is 22.9 Å². The van der Waals surface area contributed by atoms with Gasteiger partial charge in [0.1, 0.15) is 5.82 Å². The van der Waals surface area contributed by atoms with Gasteiger partial charge < -0.3 is 5.73 Å². The lowest BCUT2D eigenvalue weighted by atomic mass is 9.99. The number of rotatable bonds is 2. The summed E-state index contributed by atoms with van der Waals surface area (Å²) in [7, 11) is 0. The van der Waals surface area contributed by atoms with Crippen LogP contribution in [0.4, 0.5) is 4.39 Å². The number of aryl methyl sites for hydroxylation is 1. The minimum atomic E-state index is -0.346. The van der Waals surface area contributed by atoms with Gasteiger partial charge in [-0.1, -0.05) is 23.7 Å². The molecule has 1 aliphatic carbocycles. The molecule has 1 aromatic heterocycles. The third-order valence-corrected chi connectivity index (χ3v) is 4.93. The van der Waals surface area contributed by atoms with E-state index in [4.69, 9.17) is 17.3 Å². The first-order valence-corrected chi connectivity index (χ1v) is 7.51. The van der Waals surface area contributed by atoms with Crippen molar-refractivity contribution in [2.75, 3.05) is 0 Å². The molecule has 100 valence electrons. The maximum absolute atomic E-state index is 13.9. The topological polar surface area (TPSA) is 38.9 Å². The van der Waals surface area contributed by atoms with Crippen LogP contribution in [0.2, 0.25) is 5.02 Å². The molecule has 1 aromatic carbocycles. The maximum atomic E-state index is 13.9. The van der Waals surface area contributed by atoms with Gasteiger partial charge in [-0.05, 0) is 30.9 Å². The van der Waals surface area contributed by atoms with Crippen molar-refractivity contribution in [2.45, 2.75) is 31.7 Å². The largest absolute Gasteiger partial charge is 0.323 e. The highest BCUT2D eigenvalue weighted by atomic mass is 35.5. The van der Waals surface area contributed by atoms with Gasteiger partial charge in [0.15, 0.2) is 0 Å². The van der Waals surface area contributed by atoms with Crippen molar-refractivity contribution in [2.24, 2.45) is 5.73 Å². The summed E-state index contributed by atoms with van der Waals surface area (Å²) in [5.41, 5.74) is 7.77. The van der Waals surface area contributed by atoms with Crippen molar-refractivity contribution < 1.29 is 4.39 Å². The minimum absolute atomic E-state index is 0.0965. The second-order valence-corrected chi connectivity index (χ2v) is 6.33. The standard InChI is InChI=1S/C14H14ClFN2S/c15-9-4-1-3-8(13(9)16)7-12-18-11-6-2-5-10(17)14(11)19-12/h1,3-4,10H,2,5-7,17H2. The molecule has 1 atom stereocenters. The van der Waals surface area contributed by atoms with Crippen LogP contribution in [0, 0.1) is 5.82 Å². The van der Waals surface area contributed by atoms with E-state index in [1.165, 1.54) is 4.88 Å². The molecular weight excluding hydrogens is 283 g/mol. The molecule has 0 saturated heterocycles. The minimum Gasteiger partial charge on any atom is -0.323 e. The van der Waals surface area contributed by atoms with Gasteiger partial charge in [-0.3, -0.25) is 0 Å². The van der Waals surface area contributed by atoms with Gasteiger partial charge in [-0.2, -0.15) is 0 Å². The zero-order valence-corrected chi connectivity index (χ0v) is 11.9. The number of hydrogen-bond acceptors (Lipinski definition) is 3. The molecule has 0 amide bonds. The van der Waals surface area contributed by atoms with E-state index < -0.39 is 0 Å². The predicted molar refractivity (Wildman–Crippen MR) is 76.2 cm³/mol. The van der Waals surface area contributed by atoms with Gasteiger partial charge in [-0.25, -0.2) is 9.37 Å². The second-order valence-electron chi connectivity index (χ2n) is 4.81. The Morgan fingerprint density at radius 3 is 3.11 bits per heavy atom. The number of halogens is 2. The average Bonchev–Trinajstić information content (AvgIpc) is 2.79. The Labute approximate surface area is 120 Å². The van der Waals surface area contributed by atoms with Crippen molar-refractivity contribution in [3.63, 3.8) is 0 Å². The van der Waals surface area contributed by atoms with Crippen LogP contribution in [0.25, 0.3) is 0 Å². The summed E-state index contributed by atoms with van der Waals surface area (Å²) in [5.74, 6) is -0.346. The number of nitrogens with zero attached hydrogens (tertiary/aromatic N) is 1. The highest BCUT2D eigenvalue weighted by Gasteiger charge is 2.22. The number of benzene rings is 1. The molecule has 1 unspecified atom stereocenters. The van der Waals surface area contributed by atoms with E-state index in [2.05, 4.69) is 4.98 Å². The summed E-state index contributed by atoms with van der Waals surface area (Å²) < 4.78 is 13.9. The van der Waals surface area contributed by atoms with Gasteiger partial charge in [0.25, 0.3) is 0 Å². The van der Waals surface area contributed by atoms with Crippen LogP contribution < -0.4 is 5.73 Å². The van der Waals surface area contributed by atoms with Crippen molar-refractivity contribution in [3.05, 3.63) is 50.2 Å². The number of aromatic nitrogens is 1. The zero-order valence-electron chi connectivity index (χ0n) is 10.3. The first-order valence-electron chi connectivity index (χ1n) is 6.32. The average molecular weight is 297 g/mol. The highest BCUT2D eigenvalue weighted by molar-refractivity contribution is 7.11. The van der Waals surface area contributed by atoms with E-state index in [1.807, 2.05) is 0 Å². The molecule has 0 saturated carbocycles. The van der Waals surface area contributed by atoms with E-state index in [9.17, 15) is 4.39 Å². The second kappa shape index (κ2) is 5.19. The Morgan fingerprint density at radius 1 is 1.47 bits per heavy atom. The van der Waals surface area contributed by atoms with Crippen LogP contribution in [0.5, 0.6) is 0 Å². The molecule has 5 heteroatoms. The SMILES string of the molecule is NC1CCCc2nc(Cc3cccc(Cl)c3F)sc21. The summed E-state index contributed by atoms with van der Waals surface area (Å²) >= 11 is 7.40. The smallest absolute Gasteiger partial charge is 0.145 e. The van der Waals surface area contributed by atoms with Crippen molar-refractivity contribution in [1.29, 1.82) is 0 Å². The molecule has 0 bridgehead atoms. The van der Waals surface area contributed by atoms with E-state index >= 15 is 0 Å². The molecule has 1 aliphatic rings. The molecule has 0 fully saturated rings. The molecular formula is C14H14ClFN2S. The van der Waals surface area contributed by atoms with E-state index in [0.29, 0.717) is 12.0 Å². The van der Waals surface area contributed by atoms with Gasteiger partial charge in [0.05, 0.1) is 15.7 Å². The lowest BCUT2D eigenvalue weighted by Gasteiger charge is -2.15. The third kappa shape index (κ3) is 2.53. The van der Waals surface area contributed by atoms with E-state index in [0.717, 1.165) is 30.0 Å². The summed E-state index contributed by atoms with van der Waals surface area (Å²) in [6.45, 7) is 0. The Hall–Kier alpha value is -0.970. The molecule has 2 nitrogen and oxygen atoms in total. The number of nitrogens with two attached hydrogens (primary N) is 1. The van der Waals surface area contributed by atoms with Crippen molar-refractivity contribution in [1.82, 2.24) is 4.98 Å². The molecule has 2 aromatic rings. The lowest BCUT2D eigenvalue weighted by molar-refractivity contribution is 0.573. The van der Waals surface area contributed by atoms with Crippen LogP contribution in [0.1, 0.15) is 40.0 Å². The fourth-order valence-electron chi connectivity index (χ4n) is 2.43. The van der Waals surface area contributed by atoms with Gasteiger partial charge in [0.2, 0.25) is 0 Å². The molecule has 1 heterocycles. The molecule has 0 spiro atoms. The fraction of sp³-hybridized carbons (Fsp3) is 0.357. The quantitative estimate of drug-likeness (QED) is 0.914. The van der Waals surface area contributed by atoms with Crippen molar-refractivity contribution in [3.8, 4) is 0 Å². The van der Waals surface area contributed by atoms with Crippen LogP contribution in [0.15, 0.2) is 18.2 Å². The van der Waals surface area contributed by atoms with Crippen LogP contribution in [-0.2, 0) is 12.8 Å². The number of thiazole rings is 1. The Kier molecular flexibility index (Phi) is 3.56. The molecule has 2 N–H and O–H groups in total. The Bertz CT molecular complexity index is 611. The first kappa shape index (κ1) is 13.0. The number of hydrogen-bond donors (Lipinski definition) is 1. The highest BCUT2D eigenvalue weighted by Crippen LogP contribution is 2.33. The van der Waals surface area contributed by atoms with Gasteiger partial charge in [0, 0.05) is 17.3 Å². The Balaban J connectivity index is 1.90. The van der Waals surface area contributed by atoms with E-state index in [-0.39, 0.29) is 16.9 Å². The Morgan fingerprint density at radius 2 is 2.32 bits per heavy atom. The lowest BCUT2D eigenvalue weighted by Crippen LogP contribution is -2.15. The fourth-order valence-corrected chi connectivity index (χ4v) is 3.79. The molecule has 19 heavy (non-hydrogen) atoms. The first-order chi connectivity index (χ1) is 9.15. The summed E-state index contributed by atoms with van der Waals surface area (Å²) in [6, 6.07) is 5.17. The monoisotopic (exact) mass is 296 g/mol. The molecule has 3 rings (SSSR count). The normalized spacial score (nSPS) is 18.4. The van der Waals surface area contributed by atoms with Crippen LogP contribution in [0.3, 0.4) is 0 Å². The van der Waals surface area contributed by atoms with Gasteiger partial charge >= 0.3 is 0 Å². The summed E-state index contributed by atoms with van der Waals surface area (Å²) in [6.07, 6.45) is 3.57. The molecule has 0 radical (unpaired) electrons. The van der Waals surface area contributed by atoms with Crippen LogP contribution >= 0.6 is 22.9 Å². The maximum Gasteiger partial charge on any atom is 0.145 e. The van der Waals surface area contributed by atoms with E-state index in [1.54, 1.807) is 29.5 Å². The third-order valence-electron chi connectivity index (χ3n) is 3.41. The van der Waals surface area contributed by atoms with Gasteiger partial charge in [-0.15, -0.1) is 11.3 Å². The predicted octanol–water partition coefficient (Wildman–Crippen LogP) is 3.86. The number of fused-ring (bicyclic) bond motifs is 1. The molecule has 0 aliphatic heterocycles. The zero-order chi connectivity index (χ0) is 13.4. The summed E-state index contributed by atoms with van der Waals surface area (Å²) in [5, 5.41) is 1.08. The summed E-state index contributed by atoms with van der Waals surface area (Å²) in [4.78, 5) is 5.77. The van der Waals surface area contributed by atoms with Crippen LogP contribution in [-0.4, -0.2) is 4.98 Å².